The van der Waals surface area contributed by atoms with Gasteiger partial charge in [0.15, 0.2) is 0 Å². The molecule has 132 valence electrons. The molecule has 0 bridgehead atoms. The molecule has 7 heteroatoms. The molecule has 2 aromatic rings. The molecule has 0 fully saturated rings. The number of hydrogen-bond donors (Lipinski definition) is 1. The Morgan fingerprint density at radius 1 is 1.12 bits per heavy atom. The first-order valence-electron chi connectivity index (χ1n) is 7.57. The van der Waals surface area contributed by atoms with E-state index in [-0.39, 0.29) is 24.8 Å². The molecule has 0 saturated heterocycles. The summed E-state index contributed by atoms with van der Waals surface area (Å²) in [5.41, 5.74) is 1.26. The monoisotopic (exact) mass is 380 g/mol. The fourth-order valence-electron chi connectivity index (χ4n) is 2.27. The maximum absolute atomic E-state index is 12.1. The van der Waals surface area contributed by atoms with Crippen molar-refractivity contribution in [3.8, 4) is 5.75 Å². The van der Waals surface area contributed by atoms with Crippen molar-refractivity contribution in [1.82, 2.24) is 0 Å². The Hall–Kier alpha value is -2.24. The van der Waals surface area contributed by atoms with Gasteiger partial charge in [0.05, 0.1) is 12.1 Å². The molecule has 0 radical (unpaired) electrons. The summed E-state index contributed by atoms with van der Waals surface area (Å²) in [6.07, 6.45) is 0.145. The van der Waals surface area contributed by atoms with E-state index in [2.05, 4.69) is 5.32 Å². The second-order valence-corrected chi connectivity index (χ2v) is 6.14. The van der Waals surface area contributed by atoms with Crippen molar-refractivity contribution >= 4 is 46.4 Å². The van der Waals surface area contributed by atoms with Gasteiger partial charge >= 0.3 is 0 Å². The Morgan fingerprint density at radius 2 is 1.80 bits per heavy atom. The summed E-state index contributed by atoms with van der Waals surface area (Å²) in [5.74, 6) is 0.161. The highest BCUT2D eigenvalue weighted by molar-refractivity contribution is 6.32. The Balaban J connectivity index is 1.98. The van der Waals surface area contributed by atoms with Crippen LogP contribution in [0.3, 0.4) is 0 Å². The molecule has 0 spiro atoms. The number of carbonyl (C=O) groups is 2. The first-order chi connectivity index (χ1) is 11.9. The third kappa shape index (κ3) is 5.37. The zero-order chi connectivity index (χ0) is 18.4. The average molecular weight is 381 g/mol. The molecule has 0 unspecified atom stereocenters. The summed E-state index contributed by atoms with van der Waals surface area (Å²) in [4.78, 5) is 25.5. The number of rotatable bonds is 6. The van der Waals surface area contributed by atoms with Crippen LogP contribution >= 0.6 is 23.2 Å². The molecule has 2 rings (SSSR count). The first kappa shape index (κ1) is 19.1. The predicted octanol–water partition coefficient (Wildman–Crippen LogP) is 4.38. The van der Waals surface area contributed by atoms with Gasteiger partial charge in [-0.1, -0.05) is 23.2 Å². The van der Waals surface area contributed by atoms with Gasteiger partial charge in [-0.25, -0.2) is 0 Å². The topological polar surface area (TPSA) is 58.6 Å². The number of nitrogens with one attached hydrogen (secondary N) is 1. The van der Waals surface area contributed by atoms with Crippen molar-refractivity contribution in [2.75, 3.05) is 23.9 Å². The number of ether oxygens (including phenoxy) is 1. The number of hydrogen-bond acceptors (Lipinski definition) is 3. The Labute approximate surface area is 156 Å². The van der Waals surface area contributed by atoms with E-state index in [4.69, 9.17) is 27.9 Å². The molecule has 0 aliphatic rings. The van der Waals surface area contributed by atoms with Gasteiger partial charge in [0.1, 0.15) is 5.75 Å². The van der Waals surface area contributed by atoms with Crippen LogP contribution in [0.15, 0.2) is 42.5 Å². The van der Waals surface area contributed by atoms with Crippen LogP contribution in [0.5, 0.6) is 5.75 Å². The standard InChI is InChI=1S/C18H18Cl2N2O3/c1-12(23)22(15-6-3-13(19)4-7-15)10-9-18(24)21-14-5-8-17(25-2)16(20)11-14/h3-8,11H,9-10H2,1-2H3,(H,21,24). The van der Waals surface area contributed by atoms with Gasteiger partial charge in [-0.2, -0.15) is 0 Å². The van der Waals surface area contributed by atoms with Gasteiger partial charge < -0.3 is 15.0 Å². The Kier molecular flexibility index (Phi) is 6.67. The van der Waals surface area contributed by atoms with Crippen molar-refractivity contribution in [3.05, 3.63) is 52.5 Å². The van der Waals surface area contributed by atoms with E-state index in [1.165, 1.54) is 18.9 Å². The normalized spacial score (nSPS) is 10.2. The maximum Gasteiger partial charge on any atom is 0.226 e. The van der Waals surface area contributed by atoms with Gasteiger partial charge in [0.25, 0.3) is 0 Å². The minimum atomic E-state index is -0.221. The second-order valence-electron chi connectivity index (χ2n) is 5.29. The van der Waals surface area contributed by atoms with Crippen LogP contribution in [-0.4, -0.2) is 25.5 Å². The molecule has 0 aromatic heterocycles. The van der Waals surface area contributed by atoms with Crippen LogP contribution in [0.2, 0.25) is 10.0 Å². The van der Waals surface area contributed by atoms with Crippen LogP contribution in [0.4, 0.5) is 11.4 Å². The number of amides is 2. The molecule has 0 atom stereocenters. The summed E-state index contributed by atoms with van der Waals surface area (Å²) in [6.45, 7) is 1.71. The maximum atomic E-state index is 12.1. The van der Waals surface area contributed by atoms with E-state index in [1.54, 1.807) is 42.5 Å². The fraction of sp³-hybridized carbons (Fsp3) is 0.222. The molecule has 1 N–H and O–H groups in total. The minimum Gasteiger partial charge on any atom is -0.495 e. The zero-order valence-electron chi connectivity index (χ0n) is 13.9. The molecule has 25 heavy (non-hydrogen) atoms. The predicted molar refractivity (Wildman–Crippen MR) is 101 cm³/mol. The summed E-state index contributed by atoms with van der Waals surface area (Å²) in [5, 5.41) is 3.74. The lowest BCUT2D eigenvalue weighted by Gasteiger charge is -2.21. The van der Waals surface area contributed by atoms with Crippen LogP contribution in [-0.2, 0) is 9.59 Å². The van der Waals surface area contributed by atoms with Crippen molar-refractivity contribution in [2.24, 2.45) is 0 Å². The minimum absolute atomic E-state index is 0.145. The molecule has 0 aliphatic carbocycles. The van der Waals surface area contributed by atoms with E-state index < -0.39 is 0 Å². The quantitative estimate of drug-likeness (QED) is 0.808. The lowest BCUT2D eigenvalue weighted by atomic mass is 10.2. The summed E-state index contributed by atoms with van der Waals surface area (Å²) in [6, 6.07) is 11.9. The number of anilines is 2. The summed E-state index contributed by atoms with van der Waals surface area (Å²) in [7, 11) is 1.52. The molecule has 0 heterocycles. The number of methoxy groups -OCH3 is 1. The smallest absolute Gasteiger partial charge is 0.226 e. The molecule has 2 aromatic carbocycles. The van der Waals surface area contributed by atoms with E-state index >= 15 is 0 Å². The SMILES string of the molecule is COc1ccc(NC(=O)CCN(C(C)=O)c2ccc(Cl)cc2)cc1Cl. The van der Waals surface area contributed by atoms with E-state index in [0.717, 1.165) is 0 Å². The highest BCUT2D eigenvalue weighted by Gasteiger charge is 2.14. The van der Waals surface area contributed by atoms with Gasteiger partial charge in [0.2, 0.25) is 11.8 Å². The Morgan fingerprint density at radius 3 is 2.36 bits per heavy atom. The number of carbonyl (C=O) groups excluding carboxylic acids is 2. The summed E-state index contributed by atoms with van der Waals surface area (Å²) >= 11 is 11.9. The van der Waals surface area contributed by atoms with Crippen molar-refractivity contribution in [3.63, 3.8) is 0 Å². The van der Waals surface area contributed by atoms with Crippen LogP contribution < -0.4 is 15.0 Å². The zero-order valence-corrected chi connectivity index (χ0v) is 15.4. The molecular weight excluding hydrogens is 363 g/mol. The van der Waals surface area contributed by atoms with Crippen molar-refractivity contribution < 1.29 is 14.3 Å². The molecule has 0 saturated carbocycles. The lowest BCUT2D eigenvalue weighted by molar-refractivity contribution is -0.117. The third-order valence-corrected chi connectivity index (χ3v) is 4.06. The van der Waals surface area contributed by atoms with Crippen LogP contribution in [0, 0.1) is 0 Å². The summed E-state index contributed by atoms with van der Waals surface area (Å²) < 4.78 is 5.07. The van der Waals surface area contributed by atoms with Gasteiger partial charge in [0, 0.05) is 36.3 Å². The third-order valence-electron chi connectivity index (χ3n) is 3.52. The highest BCUT2D eigenvalue weighted by atomic mass is 35.5. The molecule has 0 aliphatic heterocycles. The van der Waals surface area contributed by atoms with Crippen LogP contribution in [0.1, 0.15) is 13.3 Å². The molecule has 2 amide bonds. The van der Waals surface area contributed by atoms with Crippen molar-refractivity contribution in [2.45, 2.75) is 13.3 Å². The highest BCUT2D eigenvalue weighted by Crippen LogP contribution is 2.27. The van der Waals surface area contributed by atoms with Gasteiger partial charge in [-0.3, -0.25) is 9.59 Å². The van der Waals surface area contributed by atoms with E-state index in [9.17, 15) is 9.59 Å². The van der Waals surface area contributed by atoms with E-state index in [1.807, 2.05) is 0 Å². The fourth-order valence-corrected chi connectivity index (χ4v) is 2.65. The van der Waals surface area contributed by atoms with Gasteiger partial charge in [-0.05, 0) is 42.5 Å². The van der Waals surface area contributed by atoms with Crippen molar-refractivity contribution in [1.29, 1.82) is 0 Å². The largest absolute Gasteiger partial charge is 0.495 e. The first-order valence-corrected chi connectivity index (χ1v) is 8.33. The van der Waals surface area contributed by atoms with E-state index in [0.29, 0.717) is 27.2 Å². The van der Waals surface area contributed by atoms with Crippen LogP contribution in [0.25, 0.3) is 0 Å². The number of halogens is 2. The second kappa shape index (κ2) is 8.74. The van der Waals surface area contributed by atoms with Gasteiger partial charge in [-0.15, -0.1) is 0 Å². The molecule has 5 nitrogen and oxygen atoms in total. The average Bonchev–Trinajstić information content (AvgIpc) is 2.56. The number of benzene rings is 2. The number of nitrogens with zero attached hydrogens (tertiary/aromatic N) is 1. The molecular formula is C18H18Cl2N2O3. The Bertz CT molecular complexity index is 763. The lowest BCUT2D eigenvalue weighted by Crippen LogP contribution is -2.31.